The van der Waals surface area contributed by atoms with Gasteiger partial charge in [-0.2, -0.15) is 0 Å². The first kappa shape index (κ1) is 18.6. The molecular weight excluding hydrogens is 331 g/mol. The third kappa shape index (κ3) is 3.84. The summed E-state index contributed by atoms with van der Waals surface area (Å²) in [4.78, 5) is 4.51. The summed E-state index contributed by atoms with van der Waals surface area (Å²) in [5, 5.41) is 0. The Bertz CT molecular complexity index is 716. The number of imidazole rings is 1. The summed E-state index contributed by atoms with van der Waals surface area (Å²) in [6.07, 6.45) is 1.83. The molecule has 3 rings (SSSR count). The molecule has 1 aromatic carbocycles. The SMILES string of the molecule is CC[Si]CCOCn1cnc2cc(B3OC(C)(C)C(C)(C)O3)ccc21. The van der Waals surface area contributed by atoms with E-state index in [-0.39, 0.29) is 18.3 Å². The van der Waals surface area contributed by atoms with Crippen LogP contribution in [0.25, 0.3) is 11.0 Å². The van der Waals surface area contributed by atoms with Crippen molar-refractivity contribution >= 4 is 33.1 Å². The van der Waals surface area contributed by atoms with Gasteiger partial charge in [-0.1, -0.05) is 19.0 Å². The fourth-order valence-electron chi connectivity index (χ4n) is 2.79. The van der Waals surface area contributed by atoms with Gasteiger partial charge in [0, 0.05) is 16.1 Å². The molecule has 0 spiro atoms. The Hall–Kier alpha value is -1.15. The molecule has 0 saturated carbocycles. The first-order chi connectivity index (χ1) is 11.8. The number of fused-ring (bicyclic) bond motifs is 1. The van der Waals surface area contributed by atoms with Crippen LogP contribution in [0.1, 0.15) is 34.6 Å². The van der Waals surface area contributed by atoms with Crippen LogP contribution in [0.5, 0.6) is 0 Å². The van der Waals surface area contributed by atoms with Gasteiger partial charge >= 0.3 is 7.12 Å². The molecule has 0 unspecified atom stereocenters. The Balaban J connectivity index is 1.70. The molecule has 1 aliphatic heterocycles. The van der Waals surface area contributed by atoms with Crippen LogP contribution in [0.2, 0.25) is 12.1 Å². The Morgan fingerprint density at radius 3 is 2.60 bits per heavy atom. The molecule has 0 amide bonds. The summed E-state index contributed by atoms with van der Waals surface area (Å²) in [6.45, 7) is 11.8. The number of hydrogen-bond donors (Lipinski definition) is 0. The number of aromatic nitrogens is 2. The normalized spacial score (nSPS) is 19.0. The summed E-state index contributed by atoms with van der Waals surface area (Å²) in [6, 6.07) is 8.54. The van der Waals surface area contributed by atoms with Gasteiger partial charge in [0.25, 0.3) is 0 Å². The molecule has 2 radical (unpaired) electrons. The molecule has 25 heavy (non-hydrogen) atoms. The second-order valence-corrected chi connectivity index (χ2v) is 9.15. The van der Waals surface area contributed by atoms with Crippen LogP contribution in [-0.4, -0.2) is 44.0 Å². The van der Waals surface area contributed by atoms with Crippen molar-refractivity contribution < 1.29 is 14.0 Å². The third-order valence-electron chi connectivity index (χ3n) is 5.07. The van der Waals surface area contributed by atoms with Gasteiger partial charge in [0.15, 0.2) is 0 Å². The van der Waals surface area contributed by atoms with E-state index in [0.29, 0.717) is 6.73 Å². The zero-order valence-corrected chi connectivity index (χ0v) is 16.8. The highest BCUT2D eigenvalue weighted by molar-refractivity contribution is 6.62. The number of benzene rings is 1. The van der Waals surface area contributed by atoms with Crippen LogP contribution in [0.4, 0.5) is 0 Å². The van der Waals surface area contributed by atoms with Crippen molar-refractivity contribution in [3.8, 4) is 0 Å². The number of hydrogen-bond acceptors (Lipinski definition) is 4. The minimum atomic E-state index is -0.356. The van der Waals surface area contributed by atoms with Gasteiger partial charge in [0.2, 0.25) is 0 Å². The lowest BCUT2D eigenvalue weighted by molar-refractivity contribution is 0.00578. The lowest BCUT2D eigenvalue weighted by atomic mass is 9.79. The van der Waals surface area contributed by atoms with E-state index in [9.17, 15) is 0 Å². The fraction of sp³-hybridized carbons (Fsp3) is 0.611. The average molecular weight is 358 g/mol. The largest absolute Gasteiger partial charge is 0.494 e. The van der Waals surface area contributed by atoms with Gasteiger partial charge in [0.05, 0.1) is 28.6 Å². The second kappa shape index (κ2) is 7.23. The molecule has 0 bridgehead atoms. The quantitative estimate of drug-likeness (QED) is 0.564. The Morgan fingerprint density at radius 2 is 1.92 bits per heavy atom. The van der Waals surface area contributed by atoms with E-state index < -0.39 is 0 Å². The molecule has 2 heterocycles. The van der Waals surface area contributed by atoms with Gasteiger partial charge in [-0.3, -0.25) is 0 Å². The van der Waals surface area contributed by atoms with Crippen molar-refractivity contribution in [2.24, 2.45) is 0 Å². The lowest BCUT2D eigenvalue weighted by Crippen LogP contribution is -2.41. The second-order valence-electron chi connectivity index (χ2n) is 7.44. The first-order valence-corrected chi connectivity index (χ1v) is 10.3. The predicted molar refractivity (Wildman–Crippen MR) is 102 cm³/mol. The zero-order valence-electron chi connectivity index (χ0n) is 15.8. The highest BCUT2D eigenvalue weighted by atomic mass is 28.2. The number of nitrogens with zero attached hydrogens (tertiary/aromatic N) is 2. The molecule has 7 heteroatoms. The molecular formula is C18H27BN2O3Si. The Labute approximate surface area is 153 Å². The van der Waals surface area contributed by atoms with E-state index in [0.717, 1.165) is 38.7 Å². The Kier molecular flexibility index (Phi) is 5.39. The maximum atomic E-state index is 6.13. The Morgan fingerprint density at radius 1 is 1.20 bits per heavy atom. The van der Waals surface area contributed by atoms with Crippen LogP contribution >= 0.6 is 0 Å². The summed E-state index contributed by atoms with van der Waals surface area (Å²) < 4.78 is 20.0. The van der Waals surface area contributed by atoms with Gasteiger partial charge in [0.1, 0.15) is 6.73 Å². The summed E-state index contributed by atoms with van der Waals surface area (Å²) in [7, 11) is 0.629. The maximum Gasteiger partial charge on any atom is 0.494 e. The zero-order chi connectivity index (χ0) is 18.1. The van der Waals surface area contributed by atoms with E-state index in [1.165, 1.54) is 6.04 Å². The topological polar surface area (TPSA) is 45.5 Å². The summed E-state index contributed by atoms with van der Waals surface area (Å²) in [5.74, 6) is 0. The lowest BCUT2D eigenvalue weighted by Gasteiger charge is -2.32. The molecule has 1 fully saturated rings. The average Bonchev–Trinajstić information content (AvgIpc) is 3.05. The highest BCUT2D eigenvalue weighted by Crippen LogP contribution is 2.36. The maximum absolute atomic E-state index is 6.13. The van der Waals surface area contributed by atoms with E-state index in [2.05, 4.69) is 51.7 Å². The molecule has 1 saturated heterocycles. The van der Waals surface area contributed by atoms with Crippen molar-refractivity contribution in [2.45, 2.75) is 64.6 Å². The predicted octanol–water partition coefficient (Wildman–Crippen LogP) is 2.87. The molecule has 5 nitrogen and oxygen atoms in total. The first-order valence-electron chi connectivity index (χ1n) is 8.93. The van der Waals surface area contributed by atoms with Crippen LogP contribution in [0.15, 0.2) is 24.5 Å². The van der Waals surface area contributed by atoms with Crippen molar-refractivity contribution in [1.29, 1.82) is 0 Å². The van der Waals surface area contributed by atoms with E-state index in [1.807, 2.05) is 17.0 Å². The molecule has 1 aromatic heterocycles. The van der Waals surface area contributed by atoms with Crippen molar-refractivity contribution in [3.63, 3.8) is 0 Å². The minimum Gasteiger partial charge on any atom is -0.399 e. The molecule has 0 N–H and O–H groups in total. The molecule has 0 aliphatic carbocycles. The third-order valence-corrected chi connectivity index (χ3v) is 6.13. The highest BCUT2D eigenvalue weighted by Gasteiger charge is 2.51. The van der Waals surface area contributed by atoms with E-state index >= 15 is 0 Å². The number of ether oxygens (including phenoxy) is 1. The van der Waals surface area contributed by atoms with Crippen LogP contribution in [0.3, 0.4) is 0 Å². The van der Waals surface area contributed by atoms with E-state index in [4.69, 9.17) is 14.0 Å². The van der Waals surface area contributed by atoms with Gasteiger partial charge in [-0.15, -0.1) is 0 Å². The van der Waals surface area contributed by atoms with Crippen LogP contribution in [0, 0.1) is 0 Å². The molecule has 0 atom stereocenters. The molecule has 2 aromatic rings. The van der Waals surface area contributed by atoms with Crippen LogP contribution in [-0.2, 0) is 20.8 Å². The van der Waals surface area contributed by atoms with Crippen molar-refractivity contribution in [2.75, 3.05) is 6.61 Å². The van der Waals surface area contributed by atoms with Gasteiger partial charge in [-0.25, -0.2) is 4.98 Å². The molecule has 134 valence electrons. The summed E-state index contributed by atoms with van der Waals surface area (Å²) >= 11 is 0. The molecule has 1 aliphatic rings. The number of rotatable bonds is 7. The van der Waals surface area contributed by atoms with E-state index in [1.54, 1.807) is 0 Å². The minimum absolute atomic E-state index is 0.334. The van der Waals surface area contributed by atoms with Crippen LogP contribution < -0.4 is 5.46 Å². The van der Waals surface area contributed by atoms with Crippen molar-refractivity contribution in [3.05, 3.63) is 24.5 Å². The summed E-state index contributed by atoms with van der Waals surface area (Å²) in [5.41, 5.74) is 2.34. The monoisotopic (exact) mass is 358 g/mol. The smallest absolute Gasteiger partial charge is 0.399 e. The van der Waals surface area contributed by atoms with Crippen molar-refractivity contribution in [1.82, 2.24) is 9.55 Å². The fourth-order valence-corrected chi connectivity index (χ4v) is 3.44. The van der Waals surface area contributed by atoms with Gasteiger partial charge < -0.3 is 18.6 Å². The standard InChI is InChI=1S/C18H27BN2O3Si/c1-6-25-10-9-22-13-21-12-20-15-11-14(7-8-16(15)21)19-23-17(2,3)18(4,5)24-19/h7-8,11-12H,6,9-10,13H2,1-5H3. The van der Waals surface area contributed by atoms with Gasteiger partial charge in [-0.05, 0) is 51.3 Å².